The van der Waals surface area contributed by atoms with Gasteiger partial charge in [0.25, 0.3) is 0 Å². The largest absolute Gasteiger partial charge is 0.379 e. The second kappa shape index (κ2) is 10.6. The number of nitrogens with zero attached hydrogens (tertiary/aromatic N) is 1. The normalized spacial score (nSPS) is 14.4. The molecule has 0 saturated heterocycles. The molecule has 0 bridgehead atoms. The van der Waals surface area contributed by atoms with Crippen LogP contribution in [0.2, 0.25) is 5.02 Å². The lowest BCUT2D eigenvalue weighted by Gasteiger charge is -2.18. The first-order chi connectivity index (χ1) is 12.5. The minimum absolute atomic E-state index is 0.111. The first-order valence-corrected chi connectivity index (χ1v) is 10.5. The van der Waals surface area contributed by atoms with Gasteiger partial charge in [0.2, 0.25) is 0 Å². The van der Waals surface area contributed by atoms with Gasteiger partial charge in [-0.25, -0.2) is 0 Å². The fourth-order valence-electron chi connectivity index (χ4n) is 2.85. The molecule has 0 fully saturated rings. The van der Waals surface area contributed by atoms with Crippen molar-refractivity contribution in [1.82, 2.24) is 0 Å². The van der Waals surface area contributed by atoms with Gasteiger partial charge in [-0.05, 0) is 42.5 Å². The number of hydrogen-bond donors (Lipinski definition) is 1. The van der Waals surface area contributed by atoms with Gasteiger partial charge in [0.15, 0.2) is 5.17 Å². The molecular weight excluding hydrogens is 360 g/mol. The Morgan fingerprint density at radius 2 is 1.58 bits per heavy atom. The molecule has 0 aliphatic carbocycles. The van der Waals surface area contributed by atoms with E-state index in [4.69, 9.17) is 22.3 Å². The van der Waals surface area contributed by atoms with Crippen molar-refractivity contribution in [3.05, 3.63) is 70.7 Å². The maximum absolute atomic E-state index is 6.30. The third kappa shape index (κ3) is 7.05. The predicted molar refractivity (Wildman–Crippen MR) is 117 cm³/mol. The minimum atomic E-state index is 0.111. The van der Waals surface area contributed by atoms with Gasteiger partial charge in [0, 0.05) is 11.1 Å². The van der Waals surface area contributed by atoms with Crippen LogP contribution in [0.4, 0.5) is 0 Å². The highest BCUT2D eigenvalue weighted by atomic mass is 35.5. The van der Waals surface area contributed by atoms with E-state index in [0.29, 0.717) is 5.17 Å². The molecule has 0 unspecified atom stereocenters. The molecule has 0 heterocycles. The Balaban J connectivity index is 2.11. The highest BCUT2D eigenvalue weighted by Crippen LogP contribution is 2.36. The van der Waals surface area contributed by atoms with E-state index in [0.717, 1.165) is 17.4 Å². The van der Waals surface area contributed by atoms with Gasteiger partial charge in [-0.1, -0.05) is 92.5 Å². The van der Waals surface area contributed by atoms with Gasteiger partial charge in [0.05, 0.1) is 5.25 Å². The van der Waals surface area contributed by atoms with Gasteiger partial charge in [0.1, 0.15) is 0 Å². The Morgan fingerprint density at radius 1 is 0.962 bits per heavy atom. The zero-order chi connectivity index (χ0) is 18.9. The summed E-state index contributed by atoms with van der Waals surface area (Å²) in [5.41, 5.74) is 8.69. The summed E-state index contributed by atoms with van der Waals surface area (Å²) in [6, 6.07) is 18.6. The second-order valence-corrected chi connectivity index (χ2v) is 8.66. The van der Waals surface area contributed by atoms with Crippen LogP contribution in [-0.4, -0.2) is 11.2 Å². The van der Waals surface area contributed by atoms with Crippen molar-refractivity contribution in [1.29, 1.82) is 0 Å². The molecule has 0 amide bonds. The van der Waals surface area contributed by atoms with Gasteiger partial charge in [-0.15, -0.1) is 0 Å². The number of amidine groups is 1. The number of aliphatic imine (C=N–C) groups is 1. The monoisotopic (exact) mass is 388 g/mol. The molecule has 140 valence electrons. The van der Waals surface area contributed by atoms with Crippen LogP contribution >= 0.6 is 23.4 Å². The molecule has 0 aromatic heterocycles. The lowest BCUT2D eigenvalue weighted by atomic mass is 10.0. The van der Waals surface area contributed by atoms with Crippen LogP contribution in [0.1, 0.15) is 56.4 Å². The number of nitrogens with two attached hydrogens (primary N) is 1. The molecule has 2 atom stereocenters. The molecular formula is C22H29ClN2S. The smallest absolute Gasteiger partial charge is 0.155 e. The van der Waals surface area contributed by atoms with Crippen LogP contribution in [0.15, 0.2) is 59.6 Å². The van der Waals surface area contributed by atoms with Crippen molar-refractivity contribution in [3.8, 4) is 0 Å². The summed E-state index contributed by atoms with van der Waals surface area (Å²) >= 11 is 7.66. The van der Waals surface area contributed by atoms with Gasteiger partial charge in [-0.3, -0.25) is 4.99 Å². The highest BCUT2D eigenvalue weighted by Gasteiger charge is 2.17. The number of hydrogen-bond acceptors (Lipinski definition) is 2. The zero-order valence-corrected chi connectivity index (χ0v) is 17.4. The van der Waals surface area contributed by atoms with Gasteiger partial charge < -0.3 is 5.73 Å². The minimum Gasteiger partial charge on any atom is -0.379 e. The molecule has 0 aliphatic rings. The maximum Gasteiger partial charge on any atom is 0.155 e. The topological polar surface area (TPSA) is 38.4 Å². The average Bonchev–Trinajstić information content (AvgIpc) is 2.61. The predicted octanol–water partition coefficient (Wildman–Crippen LogP) is 6.69. The fourth-order valence-corrected chi connectivity index (χ4v) is 4.04. The van der Waals surface area contributed by atoms with E-state index in [-0.39, 0.29) is 11.3 Å². The molecule has 2 aromatic rings. The molecule has 0 radical (unpaired) electrons. The van der Waals surface area contributed by atoms with Crippen LogP contribution < -0.4 is 5.73 Å². The van der Waals surface area contributed by atoms with Crippen molar-refractivity contribution in [2.24, 2.45) is 16.6 Å². The third-order valence-electron chi connectivity index (χ3n) is 4.26. The standard InChI is InChI=1S/C22H29ClN2S/c1-16(2)8-7-9-17(3)25-22(24)26-21(18-10-5-4-6-11-18)19-12-14-20(23)15-13-19/h4-6,10-17,21H,7-9H2,1-3H3,(H2,24,25)/t17-,21+/m1/s1. The van der Waals surface area contributed by atoms with E-state index >= 15 is 0 Å². The average molecular weight is 389 g/mol. The summed E-state index contributed by atoms with van der Waals surface area (Å²) in [5, 5.41) is 1.50. The van der Waals surface area contributed by atoms with E-state index in [2.05, 4.69) is 57.2 Å². The molecule has 4 heteroatoms. The summed E-state index contributed by atoms with van der Waals surface area (Å²) in [6.45, 7) is 6.66. The van der Waals surface area contributed by atoms with Gasteiger partial charge in [-0.2, -0.15) is 0 Å². The van der Waals surface area contributed by atoms with E-state index < -0.39 is 0 Å². The summed E-state index contributed by atoms with van der Waals surface area (Å²) in [4.78, 5) is 4.71. The van der Waals surface area contributed by atoms with E-state index in [1.54, 1.807) is 11.8 Å². The van der Waals surface area contributed by atoms with Crippen molar-refractivity contribution in [2.45, 2.75) is 51.3 Å². The van der Waals surface area contributed by atoms with Gasteiger partial charge >= 0.3 is 0 Å². The van der Waals surface area contributed by atoms with E-state index in [1.165, 1.54) is 24.0 Å². The molecule has 26 heavy (non-hydrogen) atoms. The third-order valence-corrected chi connectivity index (χ3v) is 5.64. The van der Waals surface area contributed by atoms with Crippen molar-refractivity contribution in [3.63, 3.8) is 0 Å². The number of halogens is 1. The number of rotatable bonds is 8. The molecule has 2 nitrogen and oxygen atoms in total. The lowest BCUT2D eigenvalue weighted by Crippen LogP contribution is -2.14. The van der Waals surface area contributed by atoms with E-state index in [1.807, 2.05) is 18.2 Å². The second-order valence-electron chi connectivity index (χ2n) is 7.10. The Bertz CT molecular complexity index is 683. The van der Waals surface area contributed by atoms with E-state index in [9.17, 15) is 0 Å². The Kier molecular flexibility index (Phi) is 8.53. The molecule has 0 spiro atoms. The first-order valence-electron chi connectivity index (χ1n) is 9.26. The molecule has 2 aromatic carbocycles. The summed E-state index contributed by atoms with van der Waals surface area (Å²) in [7, 11) is 0. The van der Waals surface area contributed by atoms with Crippen LogP contribution in [0.3, 0.4) is 0 Å². The molecule has 2 rings (SSSR count). The van der Waals surface area contributed by atoms with Crippen LogP contribution in [0, 0.1) is 5.92 Å². The number of thioether (sulfide) groups is 1. The summed E-state index contributed by atoms with van der Waals surface area (Å²) < 4.78 is 0. The maximum atomic E-state index is 6.30. The van der Waals surface area contributed by atoms with Crippen molar-refractivity contribution >= 4 is 28.5 Å². The Morgan fingerprint density at radius 3 is 2.19 bits per heavy atom. The van der Waals surface area contributed by atoms with Crippen molar-refractivity contribution < 1.29 is 0 Å². The Hall–Kier alpha value is -1.45. The first kappa shape index (κ1) is 20.9. The quantitative estimate of drug-likeness (QED) is 0.404. The fraction of sp³-hybridized carbons (Fsp3) is 0.409. The highest BCUT2D eigenvalue weighted by molar-refractivity contribution is 8.14. The summed E-state index contributed by atoms with van der Waals surface area (Å²) in [5.74, 6) is 0.741. The van der Waals surface area contributed by atoms with Crippen LogP contribution in [0.5, 0.6) is 0 Å². The van der Waals surface area contributed by atoms with Crippen LogP contribution in [-0.2, 0) is 0 Å². The lowest BCUT2D eigenvalue weighted by molar-refractivity contribution is 0.512. The van der Waals surface area contributed by atoms with Crippen LogP contribution in [0.25, 0.3) is 0 Å². The Labute approximate surface area is 167 Å². The molecule has 0 saturated carbocycles. The zero-order valence-electron chi connectivity index (χ0n) is 15.9. The molecule has 0 aliphatic heterocycles. The number of benzene rings is 2. The summed E-state index contributed by atoms with van der Waals surface area (Å²) in [6.07, 6.45) is 3.51. The SMILES string of the molecule is CC(C)CCC[C@@H](C)N=C(N)S[C@@H](c1ccccc1)c1ccc(Cl)cc1. The molecule has 2 N–H and O–H groups in total. The van der Waals surface area contributed by atoms with Crippen molar-refractivity contribution in [2.75, 3.05) is 0 Å².